The molecule has 0 aromatic heterocycles. The standard InChI is InChI=1S/C17H13N2Se/c18-17(20)19-14-10-13-8-4-5-9-15(13)16(11-14)12-6-2-1-3-7-12/h1-11H,(H2,18,19). The Morgan fingerprint density at radius 1 is 0.900 bits per heavy atom. The molecule has 0 unspecified atom stereocenters. The molecule has 0 saturated heterocycles. The summed E-state index contributed by atoms with van der Waals surface area (Å²) in [5.41, 5.74) is 8.86. The van der Waals surface area contributed by atoms with E-state index in [-0.39, 0.29) is 0 Å². The number of aliphatic imine (C=N–C) groups is 1. The average molecular weight is 324 g/mol. The van der Waals surface area contributed by atoms with E-state index in [9.17, 15) is 0 Å². The zero-order chi connectivity index (χ0) is 13.9. The van der Waals surface area contributed by atoms with Crippen molar-refractivity contribution < 1.29 is 0 Å². The van der Waals surface area contributed by atoms with Crippen molar-refractivity contribution in [3.63, 3.8) is 0 Å². The van der Waals surface area contributed by atoms with Gasteiger partial charge in [0.2, 0.25) is 0 Å². The van der Waals surface area contributed by atoms with Crippen LogP contribution in [0.15, 0.2) is 71.7 Å². The Kier molecular flexibility index (Phi) is 3.55. The summed E-state index contributed by atoms with van der Waals surface area (Å²) in [6, 6.07) is 22.8. The topological polar surface area (TPSA) is 38.4 Å². The van der Waals surface area contributed by atoms with Crippen molar-refractivity contribution in [3.05, 3.63) is 66.7 Å². The molecule has 3 heteroatoms. The number of hydrogen-bond acceptors (Lipinski definition) is 1. The molecular formula is C17H13N2Se. The fourth-order valence-corrected chi connectivity index (χ4v) is 2.56. The van der Waals surface area contributed by atoms with Crippen molar-refractivity contribution >= 4 is 37.2 Å². The van der Waals surface area contributed by atoms with Crippen LogP contribution in [0.4, 0.5) is 5.69 Å². The third-order valence-electron chi connectivity index (χ3n) is 3.17. The molecule has 0 spiro atoms. The van der Waals surface area contributed by atoms with E-state index in [1.807, 2.05) is 30.3 Å². The van der Waals surface area contributed by atoms with Gasteiger partial charge in [0, 0.05) is 0 Å². The van der Waals surface area contributed by atoms with E-state index in [4.69, 9.17) is 5.73 Å². The number of amidine groups is 1. The SMILES string of the molecule is NC([Se])=Nc1cc(-c2ccccc2)c2ccccc2c1. The van der Waals surface area contributed by atoms with Crippen molar-refractivity contribution in [3.8, 4) is 11.1 Å². The fraction of sp³-hybridized carbons (Fsp3) is 0. The van der Waals surface area contributed by atoms with E-state index in [0.29, 0.717) is 4.73 Å². The second kappa shape index (κ2) is 5.49. The molecule has 20 heavy (non-hydrogen) atoms. The fourth-order valence-electron chi connectivity index (χ4n) is 2.34. The summed E-state index contributed by atoms with van der Waals surface area (Å²) in [6.07, 6.45) is 0. The molecule has 0 aliphatic rings. The van der Waals surface area contributed by atoms with Crippen molar-refractivity contribution in [2.24, 2.45) is 10.7 Å². The molecule has 0 heterocycles. The van der Waals surface area contributed by atoms with Crippen LogP contribution in [-0.2, 0) is 0 Å². The molecule has 3 aromatic rings. The molecule has 0 amide bonds. The zero-order valence-electron chi connectivity index (χ0n) is 10.8. The van der Waals surface area contributed by atoms with E-state index in [1.165, 1.54) is 16.5 Å². The number of fused-ring (bicyclic) bond motifs is 1. The van der Waals surface area contributed by atoms with Crippen LogP contribution in [0.1, 0.15) is 0 Å². The molecule has 0 fully saturated rings. The van der Waals surface area contributed by atoms with Gasteiger partial charge in [0.25, 0.3) is 0 Å². The monoisotopic (exact) mass is 325 g/mol. The molecule has 0 bridgehead atoms. The minimum absolute atomic E-state index is 0.444. The molecule has 0 aliphatic heterocycles. The molecule has 0 aliphatic carbocycles. The Hall–Kier alpha value is -2.09. The molecule has 97 valence electrons. The first-order valence-electron chi connectivity index (χ1n) is 6.33. The molecule has 0 saturated carbocycles. The predicted octanol–water partition coefficient (Wildman–Crippen LogP) is 3.62. The van der Waals surface area contributed by atoms with Gasteiger partial charge in [0.15, 0.2) is 0 Å². The molecule has 3 rings (SSSR count). The van der Waals surface area contributed by atoms with Crippen molar-refractivity contribution in [1.82, 2.24) is 0 Å². The van der Waals surface area contributed by atoms with Crippen LogP contribution >= 0.6 is 0 Å². The van der Waals surface area contributed by atoms with Gasteiger partial charge in [-0.2, -0.15) is 0 Å². The summed E-state index contributed by atoms with van der Waals surface area (Å²) in [5.74, 6) is 0. The maximum absolute atomic E-state index is 5.65. The summed E-state index contributed by atoms with van der Waals surface area (Å²) in [6.45, 7) is 0. The maximum atomic E-state index is 5.65. The Bertz CT molecular complexity index is 775. The number of benzene rings is 3. The summed E-state index contributed by atoms with van der Waals surface area (Å²) in [7, 11) is 0. The molecule has 3 aromatic carbocycles. The van der Waals surface area contributed by atoms with E-state index in [0.717, 1.165) is 11.1 Å². The molecule has 2 nitrogen and oxygen atoms in total. The predicted molar refractivity (Wildman–Crippen MR) is 86.4 cm³/mol. The number of hydrogen-bond donors (Lipinski definition) is 1. The van der Waals surface area contributed by atoms with Gasteiger partial charge in [-0.25, -0.2) is 0 Å². The Balaban J connectivity index is 2.31. The van der Waals surface area contributed by atoms with E-state index in [1.54, 1.807) is 0 Å². The molecule has 2 N–H and O–H groups in total. The van der Waals surface area contributed by atoms with Gasteiger partial charge in [0.05, 0.1) is 0 Å². The summed E-state index contributed by atoms with van der Waals surface area (Å²) >= 11 is 2.72. The summed E-state index contributed by atoms with van der Waals surface area (Å²) < 4.78 is 0.444. The third-order valence-corrected chi connectivity index (χ3v) is 3.36. The Labute approximate surface area is 126 Å². The number of nitrogens with two attached hydrogens (primary N) is 1. The average Bonchev–Trinajstić information content (AvgIpc) is 2.47. The van der Waals surface area contributed by atoms with Gasteiger partial charge < -0.3 is 0 Å². The molecular weight excluding hydrogens is 311 g/mol. The summed E-state index contributed by atoms with van der Waals surface area (Å²) in [5, 5.41) is 2.38. The van der Waals surface area contributed by atoms with Crippen molar-refractivity contribution in [1.29, 1.82) is 0 Å². The third kappa shape index (κ3) is 2.60. The molecule has 0 atom stereocenters. The van der Waals surface area contributed by atoms with Crippen molar-refractivity contribution in [2.75, 3.05) is 0 Å². The van der Waals surface area contributed by atoms with Crippen LogP contribution in [-0.4, -0.2) is 20.7 Å². The van der Waals surface area contributed by atoms with Crippen molar-refractivity contribution in [2.45, 2.75) is 0 Å². The zero-order valence-corrected chi connectivity index (χ0v) is 12.5. The van der Waals surface area contributed by atoms with Gasteiger partial charge >= 0.3 is 126 Å². The first-order valence-corrected chi connectivity index (χ1v) is 7.19. The van der Waals surface area contributed by atoms with Crippen LogP contribution in [0.3, 0.4) is 0 Å². The Morgan fingerprint density at radius 3 is 2.35 bits per heavy atom. The number of rotatable bonds is 2. The number of nitrogens with zero attached hydrogens (tertiary/aromatic N) is 1. The van der Waals surface area contributed by atoms with Gasteiger partial charge in [-0.3, -0.25) is 0 Å². The van der Waals surface area contributed by atoms with Gasteiger partial charge in [-0.15, -0.1) is 0 Å². The second-order valence-electron chi connectivity index (χ2n) is 4.53. The van der Waals surface area contributed by atoms with Crippen LogP contribution in [0, 0.1) is 0 Å². The van der Waals surface area contributed by atoms with Crippen LogP contribution in [0.2, 0.25) is 0 Å². The van der Waals surface area contributed by atoms with E-state index >= 15 is 0 Å². The van der Waals surface area contributed by atoms with Crippen LogP contribution in [0.25, 0.3) is 21.9 Å². The quantitative estimate of drug-likeness (QED) is 0.436. The minimum atomic E-state index is 0.444. The normalized spacial score (nSPS) is 11.7. The first-order chi connectivity index (χ1) is 9.74. The van der Waals surface area contributed by atoms with Gasteiger partial charge in [-0.1, -0.05) is 0 Å². The Morgan fingerprint density at radius 2 is 1.60 bits per heavy atom. The summed E-state index contributed by atoms with van der Waals surface area (Å²) in [4.78, 5) is 4.33. The second-order valence-corrected chi connectivity index (χ2v) is 5.41. The molecule has 1 radical (unpaired) electrons. The van der Waals surface area contributed by atoms with E-state index < -0.39 is 0 Å². The van der Waals surface area contributed by atoms with Gasteiger partial charge in [0.1, 0.15) is 0 Å². The van der Waals surface area contributed by atoms with E-state index in [2.05, 4.69) is 57.4 Å². The first kappa shape index (κ1) is 12.9. The van der Waals surface area contributed by atoms with Crippen LogP contribution in [0.5, 0.6) is 0 Å². The van der Waals surface area contributed by atoms with Crippen LogP contribution < -0.4 is 5.73 Å². The van der Waals surface area contributed by atoms with Gasteiger partial charge in [-0.05, 0) is 0 Å².